The highest BCUT2D eigenvalue weighted by Gasteiger charge is 2.61. The second-order valence-corrected chi connectivity index (χ2v) is 25.2. The molecule has 4 fully saturated rings. The first-order chi connectivity index (χ1) is 33.1. The second kappa shape index (κ2) is 25.7. The molecule has 0 aliphatic heterocycles. The molecular formula is C63H100O8. The summed E-state index contributed by atoms with van der Waals surface area (Å²) in [7, 11) is 0. The van der Waals surface area contributed by atoms with Crippen LogP contribution in [0.15, 0.2) is 69.9 Å². The van der Waals surface area contributed by atoms with Gasteiger partial charge in [0, 0.05) is 41.2 Å². The third-order valence-electron chi connectivity index (χ3n) is 18.9. The van der Waals surface area contributed by atoms with Crippen molar-refractivity contribution in [2.24, 2.45) is 45.3 Å². The standard InChI is InChI=1S/C63H100O8/c1-44(22-15-24-46(3)28-19-32-52-60(11)38-36-54(64)58(7,8)50(60)34-40-62(52,13)68)26-17-30-48(5)56(66)70-42-21-43-71-57(67)49(6)31-18-27-45(2)23-16-25-47(4)29-20-33-53-61(12)39-37-55(65)59(9,10)51(61)35-41-63(53,14)69/h22-23,28-31,50-53,68-69H,15-21,24-27,32-43H2,1-14H3/b44-22+,45-23+,46-28+,47-29+,48-30+,49-31+/t50-,51-,52+,53+,60-,61-,62+,63+/m0/s1. The second-order valence-electron chi connectivity index (χ2n) is 25.2. The fraction of sp³-hybridized carbons (Fsp3) is 0.746. The van der Waals surface area contributed by atoms with E-state index in [0.29, 0.717) is 53.8 Å². The van der Waals surface area contributed by atoms with Crippen molar-refractivity contribution in [2.45, 2.75) is 243 Å². The third kappa shape index (κ3) is 15.8. The lowest BCUT2D eigenvalue weighted by Gasteiger charge is -2.60. The molecule has 8 nitrogen and oxygen atoms in total. The van der Waals surface area contributed by atoms with Gasteiger partial charge in [-0.2, -0.15) is 0 Å². The van der Waals surface area contributed by atoms with Crippen LogP contribution >= 0.6 is 0 Å². The third-order valence-corrected chi connectivity index (χ3v) is 18.9. The van der Waals surface area contributed by atoms with E-state index in [-0.39, 0.29) is 58.6 Å². The molecule has 2 N–H and O–H groups in total. The lowest BCUT2D eigenvalue weighted by Crippen LogP contribution is -2.59. The number of hydrogen-bond donors (Lipinski definition) is 2. The molecule has 4 aliphatic rings. The van der Waals surface area contributed by atoms with Crippen molar-refractivity contribution in [3.63, 3.8) is 0 Å². The number of aliphatic hydroxyl groups is 2. The number of fused-ring (bicyclic) bond motifs is 2. The van der Waals surface area contributed by atoms with Crippen LogP contribution in [0.25, 0.3) is 0 Å². The van der Waals surface area contributed by atoms with Gasteiger partial charge >= 0.3 is 11.9 Å². The van der Waals surface area contributed by atoms with Crippen LogP contribution in [0.2, 0.25) is 0 Å². The summed E-state index contributed by atoms with van der Waals surface area (Å²) in [4.78, 5) is 50.9. The van der Waals surface area contributed by atoms with Gasteiger partial charge in [-0.3, -0.25) is 9.59 Å². The first-order valence-electron chi connectivity index (χ1n) is 27.9. The highest BCUT2D eigenvalue weighted by Crippen LogP contribution is 2.63. The van der Waals surface area contributed by atoms with Crippen molar-refractivity contribution >= 4 is 23.5 Å². The van der Waals surface area contributed by atoms with Gasteiger partial charge in [0.15, 0.2) is 0 Å². The topological polar surface area (TPSA) is 127 Å². The van der Waals surface area contributed by atoms with Gasteiger partial charge < -0.3 is 19.7 Å². The van der Waals surface area contributed by atoms with Gasteiger partial charge in [0.05, 0.1) is 24.4 Å². The summed E-state index contributed by atoms with van der Waals surface area (Å²) in [6.45, 7) is 29.8. The van der Waals surface area contributed by atoms with Crippen molar-refractivity contribution in [2.75, 3.05) is 13.2 Å². The van der Waals surface area contributed by atoms with Gasteiger partial charge in [0.2, 0.25) is 0 Å². The van der Waals surface area contributed by atoms with Crippen LogP contribution in [-0.4, -0.2) is 58.1 Å². The zero-order chi connectivity index (χ0) is 53.0. The Balaban J connectivity index is 1.06. The molecule has 0 aromatic rings. The minimum absolute atomic E-state index is 0.0240. The normalized spacial score (nSPS) is 31.8. The molecule has 400 valence electrons. The monoisotopic (exact) mass is 985 g/mol. The molecule has 0 radical (unpaired) electrons. The van der Waals surface area contributed by atoms with E-state index >= 15 is 0 Å². The predicted molar refractivity (Wildman–Crippen MR) is 290 cm³/mol. The molecule has 0 saturated heterocycles. The smallest absolute Gasteiger partial charge is 0.333 e. The molecule has 0 heterocycles. The Bertz CT molecular complexity index is 1910. The van der Waals surface area contributed by atoms with Gasteiger partial charge in [-0.1, -0.05) is 100 Å². The summed E-state index contributed by atoms with van der Waals surface area (Å²) in [6.07, 6.45) is 30.9. The van der Waals surface area contributed by atoms with Crippen molar-refractivity contribution < 1.29 is 38.9 Å². The van der Waals surface area contributed by atoms with E-state index in [9.17, 15) is 29.4 Å². The van der Waals surface area contributed by atoms with E-state index in [1.165, 1.54) is 22.3 Å². The zero-order valence-corrected chi connectivity index (χ0v) is 47.4. The number of allylic oxidation sites excluding steroid dienone is 10. The van der Waals surface area contributed by atoms with Crippen LogP contribution in [0.1, 0.15) is 232 Å². The summed E-state index contributed by atoms with van der Waals surface area (Å²) in [5.41, 5.74) is 4.40. The van der Waals surface area contributed by atoms with Crippen molar-refractivity contribution in [1.29, 1.82) is 0 Å². The van der Waals surface area contributed by atoms with Gasteiger partial charge in [-0.25, -0.2) is 9.59 Å². The Morgan fingerprint density at radius 3 is 1.14 bits per heavy atom. The molecule has 4 aliphatic carbocycles. The van der Waals surface area contributed by atoms with Crippen molar-refractivity contribution in [3.8, 4) is 0 Å². The lowest BCUT2D eigenvalue weighted by molar-refractivity contribution is -0.177. The van der Waals surface area contributed by atoms with Gasteiger partial charge in [0.25, 0.3) is 0 Å². The number of ketones is 2. The maximum Gasteiger partial charge on any atom is 0.333 e. The maximum absolute atomic E-state index is 12.8. The molecule has 4 rings (SSSR count). The van der Waals surface area contributed by atoms with E-state index in [2.05, 4.69) is 93.5 Å². The number of Topliss-reactive ketones (excluding diaryl/α,β-unsaturated/α-hetero) is 2. The fourth-order valence-corrected chi connectivity index (χ4v) is 14.2. The Hall–Kier alpha value is -3.36. The van der Waals surface area contributed by atoms with Crippen LogP contribution < -0.4 is 0 Å². The molecule has 8 heteroatoms. The lowest BCUT2D eigenvalue weighted by atomic mass is 9.45. The summed E-state index contributed by atoms with van der Waals surface area (Å²) in [5, 5.41) is 23.0. The van der Waals surface area contributed by atoms with Crippen molar-refractivity contribution in [1.82, 2.24) is 0 Å². The minimum Gasteiger partial charge on any atom is -0.462 e. The number of rotatable bonds is 24. The average molecular weight is 985 g/mol. The zero-order valence-electron chi connectivity index (χ0n) is 47.4. The Morgan fingerprint density at radius 1 is 0.493 bits per heavy atom. The van der Waals surface area contributed by atoms with Gasteiger partial charge in [0.1, 0.15) is 11.6 Å². The molecule has 0 amide bonds. The maximum atomic E-state index is 12.8. The van der Waals surface area contributed by atoms with Crippen LogP contribution in [0, 0.1) is 45.3 Å². The quantitative estimate of drug-likeness (QED) is 0.0424. The minimum atomic E-state index is -0.702. The molecule has 0 aromatic heterocycles. The molecule has 8 atom stereocenters. The van der Waals surface area contributed by atoms with Crippen molar-refractivity contribution in [3.05, 3.63) is 69.9 Å². The predicted octanol–water partition coefficient (Wildman–Crippen LogP) is 15.2. The summed E-state index contributed by atoms with van der Waals surface area (Å²) in [5.74, 6) is 1.07. The molecule has 0 aromatic carbocycles. The summed E-state index contributed by atoms with van der Waals surface area (Å²) in [6, 6.07) is 0. The van der Waals surface area contributed by atoms with E-state index in [1.54, 1.807) is 13.8 Å². The number of ether oxygens (including phenoxy) is 2. The van der Waals surface area contributed by atoms with Crippen LogP contribution in [0.3, 0.4) is 0 Å². The van der Waals surface area contributed by atoms with E-state index in [4.69, 9.17) is 9.47 Å². The van der Waals surface area contributed by atoms with E-state index in [0.717, 1.165) is 116 Å². The molecule has 71 heavy (non-hydrogen) atoms. The Morgan fingerprint density at radius 2 is 0.803 bits per heavy atom. The van der Waals surface area contributed by atoms with E-state index in [1.807, 2.05) is 26.0 Å². The number of hydrogen-bond acceptors (Lipinski definition) is 8. The molecule has 0 bridgehead atoms. The summed E-state index contributed by atoms with van der Waals surface area (Å²) >= 11 is 0. The average Bonchev–Trinajstić information content (AvgIpc) is 3.27. The largest absolute Gasteiger partial charge is 0.462 e. The summed E-state index contributed by atoms with van der Waals surface area (Å²) < 4.78 is 10.9. The number of carbonyl (C=O) groups is 4. The SMILES string of the molecule is C/C(=C\CC/C(C)=C/CC[C@@H]1[C@@]2(C)CCC(=O)C(C)(C)[C@@H]2CC[C@@]1(C)O)CC/C=C(\C)C(=O)OCCCOC(=O)/C(C)=C/CC/C(C)=C/CC/C(C)=C/CC[C@@H]1[C@@]2(C)CCC(=O)C(C)(C)[C@@H]2CC[C@@]1(C)O. The van der Waals surface area contributed by atoms with Crippen LogP contribution in [0.5, 0.6) is 0 Å². The van der Waals surface area contributed by atoms with E-state index < -0.39 is 11.2 Å². The fourth-order valence-electron chi connectivity index (χ4n) is 14.2. The van der Waals surface area contributed by atoms with Crippen LogP contribution in [0.4, 0.5) is 0 Å². The first-order valence-corrected chi connectivity index (χ1v) is 27.9. The molecular weight excluding hydrogens is 885 g/mol. The molecule has 0 unspecified atom stereocenters. The Labute approximate surface area is 432 Å². The number of carbonyl (C=O) groups excluding carboxylic acids is 4. The Kier molecular flexibility index (Phi) is 21.8. The number of esters is 2. The van der Waals surface area contributed by atoms with Crippen LogP contribution in [-0.2, 0) is 28.7 Å². The first kappa shape index (κ1) is 60.2. The molecule has 4 saturated carbocycles. The molecule has 0 spiro atoms. The van der Waals surface area contributed by atoms with Gasteiger partial charge in [-0.05, 0) is 205 Å². The highest BCUT2D eigenvalue weighted by atomic mass is 16.5. The van der Waals surface area contributed by atoms with Gasteiger partial charge in [-0.15, -0.1) is 0 Å². The highest BCUT2D eigenvalue weighted by molar-refractivity contribution is 5.88.